The van der Waals surface area contributed by atoms with Crippen molar-refractivity contribution >= 4 is 46.5 Å². The van der Waals surface area contributed by atoms with Gasteiger partial charge in [-0.15, -0.1) is 11.8 Å². The zero-order valence-electron chi connectivity index (χ0n) is 16.1. The van der Waals surface area contributed by atoms with Crippen molar-refractivity contribution in [3.05, 3.63) is 54.1 Å². The summed E-state index contributed by atoms with van der Waals surface area (Å²) >= 11 is 1.90. The van der Waals surface area contributed by atoms with E-state index < -0.39 is 12.1 Å². The second-order valence-electron chi connectivity index (χ2n) is 6.26. The van der Waals surface area contributed by atoms with Crippen molar-refractivity contribution in [1.82, 2.24) is 0 Å². The molecular weight excluding hydrogens is 387 g/mol. The van der Waals surface area contributed by atoms with Crippen molar-refractivity contribution in [3.8, 4) is 5.75 Å². The molecule has 1 heterocycles. The monoisotopic (exact) mass is 410 g/mol. The summed E-state index contributed by atoms with van der Waals surface area (Å²) in [6.07, 6.45) is -0.627. The first-order valence-corrected chi connectivity index (χ1v) is 10.2. The number of nitrogens with zero attached hydrogens (tertiary/aromatic N) is 1. The second kappa shape index (κ2) is 11.6. The Bertz CT molecular complexity index is 756. The predicted molar refractivity (Wildman–Crippen MR) is 111 cm³/mol. The van der Waals surface area contributed by atoms with Crippen LogP contribution in [0.15, 0.2) is 53.4 Å². The van der Waals surface area contributed by atoms with E-state index >= 15 is 0 Å². The van der Waals surface area contributed by atoms with Gasteiger partial charge in [0.25, 0.3) is 0 Å². The van der Waals surface area contributed by atoms with Crippen LogP contribution in [0, 0.1) is 0 Å². The molecule has 0 saturated carbocycles. The molecule has 2 aromatic rings. The molecule has 0 bridgehead atoms. The van der Waals surface area contributed by atoms with Gasteiger partial charge < -0.3 is 24.3 Å². The molecule has 0 spiro atoms. The van der Waals surface area contributed by atoms with E-state index in [0.29, 0.717) is 19.6 Å². The molecule has 0 aromatic heterocycles. The molecule has 28 heavy (non-hydrogen) atoms. The fourth-order valence-corrected chi connectivity index (χ4v) is 4.13. The van der Waals surface area contributed by atoms with E-state index in [1.165, 1.54) is 10.6 Å². The Labute approximate surface area is 186 Å². The number of carbonyl (C=O) groups excluding carboxylic acids is 1. The number of carboxylic acid groups (broad SMARTS) is 1. The molecule has 0 fully saturated rings. The van der Waals surface area contributed by atoms with Crippen LogP contribution in [-0.4, -0.2) is 67.2 Å². The van der Waals surface area contributed by atoms with Gasteiger partial charge in [-0.2, -0.15) is 0 Å². The maximum atomic E-state index is 11.1. The van der Waals surface area contributed by atoms with E-state index in [1.807, 2.05) is 36.0 Å². The normalized spacial score (nSPS) is 14.0. The third-order valence-electron chi connectivity index (χ3n) is 4.43. The number of benzene rings is 2. The minimum atomic E-state index is -1.18. The van der Waals surface area contributed by atoms with Crippen LogP contribution in [0.25, 0.3) is 0 Å². The van der Waals surface area contributed by atoms with Crippen molar-refractivity contribution in [2.45, 2.75) is 24.3 Å². The van der Waals surface area contributed by atoms with Gasteiger partial charge in [0.2, 0.25) is 0 Å². The fourth-order valence-electron chi connectivity index (χ4n) is 3.08. The number of para-hydroxylation sites is 1. The van der Waals surface area contributed by atoms with Crippen LogP contribution in [0.5, 0.6) is 5.75 Å². The summed E-state index contributed by atoms with van der Waals surface area (Å²) in [6, 6.07) is 15.9. The van der Waals surface area contributed by atoms with Crippen LogP contribution >= 0.6 is 11.8 Å². The number of aliphatic carboxylic acids is 1. The van der Waals surface area contributed by atoms with Gasteiger partial charge in [0.05, 0.1) is 18.2 Å². The summed E-state index contributed by atoms with van der Waals surface area (Å²) < 4.78 is 11.1. The van der Waals surface area contributed by atoms with Gasteiger partial charge in [0, 0.05) is 30.2 Å². The summed E-state index contributed by atoms with van der Waals surface area (Å²) in [5.74, 6) is 0.683. The molecule has 1 unspecified atom stereocenters. The first kappa shape index (κ1) is 22.9. The Morgan fingerprint density at radius 1 is 1.21 bits per heavy atom. The average molecular weight is 411 g/mol. The van der Waals surface area contributed by atoms with Gasteiger partial charge >= 0.3 is 23.1 Å². The molecule has 0 radical (unpaired) electrons. The number of anilines is 1. The van der Waals surface area contributed by atoms with E-state index in [9.17, 15) is 9.90 Å². The Kier molecular flexibility index (Phi) is 9.44. The minimum absolute atomic E-state index is 0. The summed E-state index contributed by atoms with van der Waals surface area (Å²) in [4.78, 5) is 14.8. The van der Waals surface area contributed by atoms with Crippen LogP contribution < -0.4 is 14.7 Å². The number of ether oxygens (including phenoxy) is 2. The van der Waals surface area contributed by atoms with Gasteiger partial charge in [-0.1, -0.05) is 24.3 Å². The third kappa shape index (κ3) is 6.30. The van der Waals surface area contributed by atoms with Crippen LogP contribution in [0.2, 0.25) is 0 Å². The van der Waals surface area contributed by atoms with Gasteiger partial charge in [-0.05, 0) is 36.8 Å². The maximum absolute atomic E-state index is 11.1. The number of fused-ring (bicyclic) bond motifs is 1. The third-order valence-corrected chi connectivity index (χ3v) is 5.47. The molecule has 0 aliphatic carbocycles. The molecule has 2 aromatic carbocycles. The molecule has 5 nitrogen and oxygen atoms in total. The second-order valence-corrected chi connectivity index (χ2v) is 7.40. The predicted octanol–water partition coefficient (Wildman–Crippen LogP) is 1.99. The molecular formula is C21H24MgNO4S+. The fraction of sp³-hybridized carbons (Fsp3) is 0.381. The van der Waals surface area contributed by atoms with E-state index in [4.69, 9.17) is 9.47 Å². The van der Waals surface area contributed by atoms with Crippen LogP contribution in [0.3, 0.4) is 0 Å². The largest absolute Gasteiger partial charge is 2.00 e. The zero-order valence-corrected chi connectivity index (χ0v) is 18.4. The Morgan fingerprint density at radius 2 is 1.96 bits per heavy atom. The molecule has 0 saturated heterocycles. The van der Waals surface area contributed by atoms with Gasteiger partial charge in [0.1, 0.15) is 18.5 Å². The molecule has 1 atom stereocenters. The minimum Gasteiger partial charge on any atom is -0.547 e. The van der Waals surface area contributed by atoms with E-state index in [0.717, 1.165) is 30.2 Å². The number of hydrogen-bond acceptors (Lipinski definition) is 6. The first-order chi connectivity index (χ1) is 13.2. The van der Waals surface area contributed by atoms with E-state index in [-0.39, 0.29) is 23.1 Å². The number of carboxylic acids is 1. The first-order valence-electron chi connectivity index (χ1n) is 9.18. The molecule has 3 rings (SSSR count). The Balaban J connectivity index is 0.00000280. The van der Waals surface area contributed by atoms with Crippen molar-refractivity contribution in [3.63, 3.8) is 0 Å². The van der Waals surface area contributed by atoms with Crippen LogP contribution in [0.1, 0.15) is 12.5 Å². The SMILES string of the molecule is CCOC(Cc1ccc(OCCN2CCSc3ccccc32)cc1)C(=O)[O-].[Mg+2]. The number of rotatable bonds is 9. The molecule has 0 amide bonds. The van der Waals surface area contributed by atoms with E-state index in [2.05, 4.69) is 29.2 Å². The smallest absolute Gasteiger partial charge is 0.547 e. The zero-order chi connectivity index (χ0) is 19.1. The van der Waals surface area contributed by atoms with E-state index in [1.54, 1.807) is 6.92 Å². The summed E-state index contributed by atoms with van der Waals surface area (Å²) in [7, 11) is 0. The molecule has 0 N–H and O–H groups in total. The van der Waals surface area contributed by atoms with Crippen molar-refractivity contribution in [2.75, 3.05) is 37.0 Å². The molecule has 7 heteroatoms. The van der Waals surface area contributed by atoms with Crippen molar-refractivity contribution in [2.24, 2.45) is 0 Å². The maximum Gasteiger partial charge on any atom is 2.00 e. The van der Waals surface area contributed by atoms with Crippen molar-refractivity contribution < 1.29 is 19.4 Å². The summed E-state index contributed by atoms with van der Waals surface area (Å²) in [5.41, 5.74) is 2.16. The number of thioether (sulfide) groups is 1. The Morgan fingerprint density at radius 3 is 2.68 bits per heavy atom. The van der Waals surface area contributed by atoms with Gasteiger partial charge in [-0.3, -0.25) is 0 Å². The van der Waals surface area contributed by atoms with Gasteiger partial charge in [0.15, 0.2) is 0 Å². The topological polar surface area (TPSA) is 61.8 Å². The van der Waals surface area contributed by atoms with Gasteiger partial charge in [-0.25, -0.2) is 0 Å². The van der Waals surface area contributed by atoms with Crippen LogP contribution in [0.4, 0.5) is 5.69 Å². The average Bonchev–Trinajstić information content (AvgIpc) is 2.69. The quantitative estimate of drug-likeness (QED) is 0.589. The molecule has 144 valence electrons. The molecule has 1 aliphatic heterocycles. The Hall–Kier alpha value is -1.41. The van der Waals surface area contributed by atoms with Crippen LogP contribution in [-0.2, 0) is 16.0 Å². The standard InChI is InChI=1S/C21H25NO4S.Mg/c1-2-25-19(21(23)24)15-16-7-9-17(10-8-16)26-13-11-22-12-14-27-20-6-4-3-5-18(20)22;/h3-10,19H,2,11-15H2,1H3,(H,23,24);/q;+2/p-1. The molecule has 1 aliphatic rings. The summed E-state index contributed by atoms with van der Waals surface area (Å²) in [6.45, 7) is 4.56. The van der Waals surface area contributed by atoms with Crippen molar-refractivity contribution in [1.29, 1.82) is 0 Å². The number of hydrogen-bond donors (Lipinski definition) is 0. The summed E-state index contributed by atoms with van der Waals surface area (Å²) in [5, 5.41) is 11.1. The number of carbonyl (C=O) groups is 1.